The van der Waals surface area contributed by atoms with Gasteiger partial charge in [-0.3, -0.25) is 9.89 Å². The SMILES string of the molecule is CCNC(=NCCN1CCN(c2cccc(C)c2C)CC1)NCCOC.I. The molecule has 0 radical (unpaired) electrons. The highest BCUT2D eigenvalue weighted by atomic mass is 127. The summed E-state index contributed by atoms with van der Waals surface area (Å²) in [4.78, 5) is 9.68. The Morgan fingerprint density at radius 2 is 1.89 bits per heavy atom. The van der Waals surface area contributed by atoms with Crippen molar-refractivity contribution in [3.8, 4) is 0 Å². The van der Waals surface area contributed by atoms with Gasteiger partial charge in [-0.1, -0.05) is 12.1 Å². The fourth-order valence-electron chi connectivity index (χ4n) is 3.21. The fraction of sp³-hybridized carbons (Fsp3) is 0.650. The zero-order valence-electron chi connectivity index (χ0n) is 17.3. The molecule has 1 heterocycles. The van der Waals surface area contributed by atoms with Crippen molar-refractivity contribution in [2.45, 2.75) is 20.8 Å². The molecule has 1 aromatic carbocycles. The Bertz CT molecular complexity index is 573. The topological polar surface area (TPSA) is 52.1 Å². The quantitative estimate of drug-likeness (QED) is 0.254. The summed E-state index contributed by atoms with van der Waals surface area (Å²) in [6, 6.07) is 6.60. The molecular formula is C20H36IN5O. The highest BCUT2D eigenvalue weighted by molar-refractivity contribution is 14.0. The van der Waals surface area contributed by atoms with Crippen molar-refractivity contribution in [2.24, 2.45) is 4.99 Å². The van der Waals surface area contributed by atoms with E-state index >= 15 is 0 Å². The Balaban J connectivity index is 0.00000364. The van der Waals surface area contributed by atoms with Crippen molar-refractivity contribution in [3.63, 3.8) is 0 Å². The second-order valence-electron chi connectivity index (χ2n) is 6.73. The third-order valence-electron chi connectivity index (χ3n) is 4.92. The number of hydrogen-bond donors (Lipinski definition) is 2. The molecule has 1 saturated heterocycles. The number of rotatable bonds is 8. The van der Waals surface area contributed by atoms with Crippen LogP contribution in [0.25, 0.3) is 0 Å². The lowest BCUT2D eigenvalue weighted by molar-refractivity contribution is 0.203. The van der Waals surface area contributed by atoms with E-state index in [9.17, 15) is 0 Å². The predicted octanol–water partition coefficient (Wildman–Crippen LogP) is 2.24. The van der Waals surface area contributed by atoms with Gasteiger partial charge in [0.2, 0.25) is 0 Å². The number of nitrogens with one attached hydrogen (secondary N) is 2. The van der Waals surface area contributed by atoms with Crippen LogP contribution in [0.5, 0.6) is 0 Å². The van der Waals surface area contributed by atoms with Crippen molar-refractivity contribution < 1.29 is 4.74 Å². The zero-order valence-corrected chi connectivity index (χ0v) is 19.6. The molecule has 154 valence electrons. The lowest BCUT2D eigenvalue weighted by Crippen LogP contribution is -2.47. The summed E-state index contributed by atoms with van der Waals surface area (Å²) in [6.07, 6.45) is 0. The standard InChI is InChI=1S/C20H35N5O.HI/c1-5-21-20(23-10-16-26-4)22-9-11-24-12-14-25(15-13-24)19-8-6-7-17(2)18(19)3;/h6-8H,5,9-16H2,1-4H3,(H2,21,22,23);1H. The van der Waals surface area contributed by atoms with Crippen LogP contribution in [0.4, 0.5) is 5.69 Å². The number of aliphatic imine (C=N–C) groups is 1. The molecule has 2 rings (SSSR count). The molecule has 27 heavy (non-hydrogen) atoms. The van der Waals surface area contributed by atoms with Crippen LogP contribution in [0, 0.1) is 13.8 Å². The first-order valence-corrected chi connectivity index (χ1v) is 9.70. The first kappa shape index (κ1) is 24.0. The van der Waals surface area contributed by atoms with Crippen LogP contribution in [-0.4, -0.2) is 76.9 Å². The molecule has 0 saturated carbocycles. The van der Waals surface area contributed by atoms with E-state index in [-0.39, 0.29) is 24.0 Å². The highest BCUT2D eigenvalue weighted by Gasteiger charge is 2.18. The average Bonchev–Trinajstić information content (AvgIpc) is 2.65. The first-order chi connectivity index (χ1) is 12.7. The number of piperazine rings is 1. The summed E-state index contributed by atoms with van der Waals surface area (Å²) in [7, 11) is 1.71. The van der Waals surface area contributed by atoms with E-state index in [1.54, 1.807) is 7.11 Å². The van der Waals surface area contributed by atoms with Crippen LogP contribution in [0.15, 0.2) is 23.2 Å². The van der Waals surface area contributed by atoms with Gasteiger partial charge in [-0.05, 0) is 38.0 Å². The first-order valence-electron chi connectivity index (χ1n) is 9.70. The van der Waals surface area contributed by atoms with E-state index < -0.39 is 0 Å². The van der Waals surface area contributed by atoms with Crippen molar-refractivity contribution >= 4 is 35.6 Å². The Kier molecular flexibility index (Phi) is 11.7. The van der Waals surface area contributed by atoms with Crippen molar-refractivity contribution in [1.82, 2.24) is 15.5 Å². The van der Waals surface area contributed by atoms with Crippen LogP contribution in [0.2, 0.25) is 0 Å². The molecule has 0 aromatic heterocycles. The molecule has 0 spiro atoms. The number of aryl methyl sites for hydroxylation is 1. The average molecular weight is 489 g/mol. The van der Waals surface area contributed by atoms with Crippen LogP contribution in [0.3, 0.4) is 0 Å². The lowest BCUT2D eigenvalue weighted by Gasteiger charge is -2.36. The second-order valence-corrected chi connectivity index (χ2v) is 6.73. The third kappa shape index (κ3) is 7.83. The molecule has 1 aliphatic rings. The van der Waals surface area contributed by atoms with Gasteiger partial charge in [0.25, 0.3) is 0 Å². The maximum absolute atomic E-state index is 5.07. The second kappa shape index (κ2) is 13.2. The van der Waals surface area contributed by atoms with E-state index in [1.165, 1.54) is 16.8 Å². The number of guanidine groups is 1. The molecule has 7 heteroatoms. The van der Waals surface area contributed by atoms with Crippen LogP contribution in [0.1, 0.15) is 18.1 Å². The van der Waals surface area contributed by atoms with Gasteiger partial charge in [-0.2, -0.15) is 0 Å². The predicted molar refractivity (Wildman–Crippen MR) is 126 cm³/mol. The van der Waals surface area contributed by atoms with Crippen LogP contribution < -0.4 is 15.5 Å². The Hall–Kier alpha value is -1.06. The molecule has 0 atom stereocenters. The molecule has 6 nitrogen and oxygen atoms in total. The van der Waals surface area contributed by atoms with E-state index in [1.807, 2.05) is 0 Å². The maximum Gasteiger partial charge on any atom is 0.191 e. The molecule has 1 aromatic rings. The van der Waals surface area contributed by atoms with E-state index in [2.05, 4.69) is 64.4 Å². The Morgan fingerprint density at radius 3 is 2.56 bits per heavy atom. The number of ether oxygens (including phenoxy) is 1. The third-order valence-corrected chi connectivity index (χ3v) is 4.92. The number of nitrogens with zero attached hydrogens (tertiary/aromatic N) is 3. The van der Waals surface area contributed by atoms with Gasteiger partial charge in [0.05, 0.1) is 13.2 Å². The Labute approximate surface area is 181 Å². The van der Waals surface area contributed by atoms with Gasteiger partial charge < -0.3 is 20.3 Å². The number of methoxy groups -OCH3 is 1. The van der Waals surface area contributed by atoms with Gasteiger partial charge in [0, 0.05) is 58.6 Å². The molecule has 0 aliphatic carbocycles. The number of benzene rings is 1. The number of hydrogen-bond acceptors (Lipinski definition) is 4. The molecule has 0 unspecified atom stereocenters. The normalized spacial score (nSPS) is 15.4. The van der Waals surface area contributed by atoms with Crippen LogP contribution in [-0.2, 0) is 4.74 Å². The summed E-state index contributed by atoms with van der Waals surface area (Å²) in [5, 5.41) is 6.56. The molecule has 1 fully saturated rings. The highest BCUT2D eigenvalue weighted by Crippen LogP contribution is 2.23. The minimum Gasteiger partial charge on any atom is -0.383 e. The van der Waals surface area contributed by atoms with Gasteiger partial charge in [0.15, 0.2) is 5.96 Å². The van der Waals surface area contributed by atoms with Gasteiger partial charge in [-0.15, -0.1) is 24.0 Å². The van der Waals surface area contributed by atoms with Gasteiger partial charge >= 0.3 is 0 Å². The zero-order chi connectivity index (χ0) is 18.8. The molecule has 0 amide bonds. The van der Waals surface area contributed by atoms with Crippen molar-refractivity contribution in [3.05, 3.63) is 29.3 Å². The summed E-state index contributed by atoms with van der Waals surface area (Å²) in [5.74, 6) is 0.874. The monoisotopic (exact) mass is 489 g/mol. The van der Waals surface area contributed by atoms with E-state index in [0.717, 1.165) is 58.3 Å². The molecule has 1 aliphatic heterocycles. The molecule has 2 N–H and O–H groups in total. The molecule has 0 bridgehead atoms. The Morgan fingerprint density at radius 1 is 1.15 bits per heavy atom. The largest absolute Gasteiger partial charge is 0.383 e. The minimum atomic E-state index is 0. The summed E-state index contributed by atoms with van der Waals surface area (Å²) < 4.78 is 5.07. The van der Waals surface area contributed by atoms with Gasteiger partial charge in [0.1, 0.15) is 0 Å². The summed E-state index contributed by atoms with van der Waals surface area (Å²) in [5.41, 5.74) is 4.17. The smallest absolute Gasteiger partial charge is 0.191 e. The van der Waals surface area contributed by atoms with E-state index in [0.29, 0.717) is 6.61 Å². The molecular weight excluding hydrogens is 453 g/mol. The number of anilines is 1. The van der Waals surface area contributed by atoms with E-state index in [4.69, 9.17) is 4.74 Å². The summed E-state index contributed by atoms with van der Waals surface area (Å²) >= 11 is 0. The summed E-state index contributed by atoms with van der Waals surface area (Å²) in [6.45, 7) is 15.0. The lowest BCUT2D eigenvalue weighted by atomic mass is 10.1. The van der Waals surface area contributed by atoms with Crippen LogP contribution >= 0.6 is 24.0 Å². The fourth-order valence-corrected chi connectivity index (χ4v) is 3.21. The maximum atomic E-state index is 5.07. The van der Waals surface area contributed by atoms with Crippen molar-refractivity contribution in [1.29, 1.82) is 0 Å². The van der Waals surface area contributed by atoms with Gasteiger partial charge in [-0.25, -0.2) is 0 Å². The number of halogens is 1. The van der Waals surface area contributed by atoms with Crippen molar-refractivity contribution in [2.75, 3.05) is 71.0 Å². The minimum absolute atomic E-state index is 0.